The van der Waals surface area contributed by atoms with Gasteiger partial charge in [0.15, 0.2) is 0 Å². The molecule has 3 rings (SSSR count). The van der Waals surface area contributed by atoms with Gasteiger partial charge in [-0.2, -0.15) is 0 Å². The maximum absolute atomic E-state index is 12.1. The van der Waals surface area contributed by atoms with Gasteiger partial charge in [0.25, 0.3) is 0 Å². The van der Waals surface area contributed by atoms with Crippen molar-refractivity contribution in [2.24, 2.45) is 0 Å². The quantitative estimate of drug-likeness (QED) is 0.432. The molecule has 0 unspecified atom stereocenters. The highest BCUT2D eigenvalue weighted by molar-refractivity contribution is 6.33. The van der Waals surface area contributed by atoms with Crippen molar-refractivity contribution in [1.29, 1.82) is 0 Å². The molecule has 0 aromatic heterocycles. The molecule has 3 aromatic rings. The zero-order valence-corrected chi connectivity index (χ0v) is 17.4. The zero-order chi connectivity index (χ0) is 21.8. The summed E-state index contributed by atoms with van der Waals surface area (Å²) in [6.45, 7) is 0. The number of halogens is 2. The number of carbonyl (C=O) groups is 1. The number of carbonyl (C=O) groups excluding carboxylic acids is 1. The average molecular weight is 449 g/mol. The number of hydrogen-bond donors (Lipinski definition) is 3. The fourth-order valence-corrected chi connectivity index (χ4v) is 3.37. The number of rotatable bonds is 6. The third-order valence-electron chi connectivity index (χ3n) is 4.44. The van der Waals surface area contributed by atoms with Gasteiger partial charge in [-0.05, 0) is 66.4 Å². The topological polar surface area (TPSA) is 96.2 Å². The Morgan fingerprint density at radius 2 is 1.63 bits per heavy atom. The minimum atomic E-state index is -0.780. The van der Waals surface area contributed by atoms with Crippen LogP contribution in [0.5, 0.6) is 28.7 Å². The minimum Gasteiger partial charge on any atom is -0.508 e. The van der Waals surface area contributed by atoms with E-state index < -0.39 is 11.7 Å². The molecule has 3 aromatic carbocycles. The molecule has 0 aliphatic heterocycles. The van der Waals surface area contributed by atoms with E-state index in [1.165, 1.54) is 19.2 Å². The highest BCUT2D eigenvalue weighted by Crippen LogP contribution is 2.38. The molecule has 156 valence electrons. The lowest BCUT2D eigenvalue weighted by atomic mass is 9.97. The average Bonchev–Trinajstić information content (AvgIpc) is 2.72. The molecule has 0 aliphatic carbocycles. The van der Waals surface area contributed by atoms with Gasteiger partial charge in [-0.25, -0.2) is 4.79 Å². The maximum atomic E-state index is 12.1. The van der Waals surface area contributed by atoms with E-state index in [-0.39, 0.29) is 40.5 Å². The van der Waals surface area contributed by atoms with Crippen molar-refractivity contribution in [2.75, 3.05) is 7.11 Å². The lowest BCUT2D eigenvalue weighted by molar-refractivity contribution is 0.0596. The Bertz CT molecular complexity index is 1080. The van der Waals surface area contributed by atoms with E-state index in [4.69, 9.17) is 32.7 Å². The van der Waals surface area contributed by atoms with Gasteiger partial charge in [0.05, 0.1) is 12.1 Å². The second kappa shape index (κ2) is 9.15. The summed E-state index contributed by atoms with van der Waals surface area (Å²) in [5.41, 5.74) is 0.724. The Morgan fingerprint density at radius 3 is 2.30 bits per heavy atom. The van der Waals surface area contributed by atoms with Crippen LogP contribution in [0.1, 0.15) is 21.5 Å². The molecular weight excluding hydrogens is 431 g/mol. The Kier molecular flexibility index (Phi) is 6.59. The molecule has 0 saturated heterocycles. The van der Waals surface area contributed by atoms with Crippen LogP contribution in [0, 0.1) is 0 Å². The van der Waals surface area contributed by atoms with Crippen molar-refractivity contribution < 1.29 is 29.6 Å². The number of esters is 1. The van der Waals surface area contributed by atoms with Crippen LogP contribution in [0.25, 0.3) is 0 Å². The first kappa shape index (κ1) is 21.6. The standard InChI is InChI=1S/C22H18Cl2O6/c1-29-22(28)20-16(21(24)18(27)11-17(20)26)8-2-12-10-14(25)5-9-19(12)30-15-6-3-13(23)4-7-15/h3-7,9-11,25-27H,2,8H2,1H3. The second-order valence-corrected chi connectivity index (χ2v) is 7.24. The first-order chi connectivity index (χ1) is 14.3. The lowest BCUT2D eigenvalue weighted by Crippen LogP contribution is -2.08. The third kappa shape index (κ3) is 4.72. The van der Waals surface area contributed by atoms with Gasteiger partial charge in [0.2, 0.25) is 0 Å². The third-order valence-corrected chi connectivity index (χ3v) is 5.11. The van der Waals surface area contributed by atoms with Crippen molar-refractivity contribution in [2.45, 2.75) is 12.8 Å². The van der Waals surface area contributed by atoms with E-state index >= 15 is 0 Å². The van der Waals surface area contributed by atoms with Crippen LogP contribution in [0.3, 0.4) is 0 Å². The van der Waals surface area contributed by atoms with Crippen LogP contribution in [0.4, 0.5) is 0 Å². The largest absolute Gasteiger partial charge is 0.508 e. The smallest absolute Gasteiger partial charge is 0.341 e. The molecule has 3 N–H and O–H groups in total. The summed E-state index contributed by atoms with van der Waals surface area (Å²) < 4.78 is 10.6. The summed E-state index contributed by atoms with van der Waals surface area (Å²) in [5, 5.41) is 30.5. The van der Waals surface area contributed by atoms with E-state index in [0.717, 1.165) is 6.07 Å². The molecule has 8 heteroatoms. The summed E-state index contributed by atoms with van der Waals surface area (Å²) in [6.07, 6.45) is 0.440. The summed E-state index contributed by atoms with van der Waals surface area (Å²) in [6, 6.07) is 12.4. The SMILES string of the molecule is COC(=O)c1c(O)cc(O)c(Cl)c1CCc1cc(O)ccc1Oc1ccc(Cl)cc1. The predicted molar refractivity (Wildman–Crippen MR) is 113 cm³/mol. The first-order valence-electron chi connectivity index (χ1n) is 8.87. The second-order valence-electron chi connectivity index (χ2n) is 6.42. The number of hydrogen-bond acceptors (Lipinski definition) is 6. The summed E-state index contributed by atoms with van der Waals surface area (Å²) in [4.78, 5) is 12.1. The van der Waals surface area contributed by atoms with Crippen LogP contribution >= 0.6 is 23.2 Å². The van der Waals surface area contributed by atoms with E-state index in [0.29, 0.717) is 22.1 Å². The van der Waals surface area contributed by atoms with Crippen molar-refractivity contribution >= 4 is 29.2 Å². The normalized spacial score (nSPS) is 10.6. The van der Waals surface area contributed by atoms with Gasteiger partial charge in [0, 0.05) is 11.1 Å². The summed E-state index contributed by atoms with van der Waals surface area (Å²) in [5.74, 6) is -0.507. The molecule has 30 heavy (non-hydrogen) atoms. The number of phenols is 3. The minimum absolute atomic E-state index is 0.0338. The maximum Gasteiger partial charge on any atom is 0.341 e. The van der Waals surface area contributed by atoms with E-state index in [2.05, 4.69) is 0 Å². The first-order valence-corrected chi connectivity index (χ1v) is 9.62. The van der Waals surface area contributed by atoms with Crippen molar-refractivity contribution in [1.82, 2.24) is 0 Å². The van der Waals surface area contributed by atoms with Gasteiger partial charge in [-0.3, -0.25) is 0 Å². The molecule has 0 spiro atoms. The Balaban J connectivity index is 1.93. The number of benzene rings is 3. The lowest BCUT2D eigenvalue weighted by Gasteiger charge is -2.15. The van der Waals surface area contributed by atoms with Crippen LogP contribution < -0.4 is 4.74 Å². The number of aryl methyl sites for hydroxylation is 1. The van der Waals surface area contributed by atoms with Crippen LogP contribution in [-0.2, 0) is 17.6 Å². The van der Waals surface area contributed by atoms with Crippen LogP contribution in [0.15, 0.2) is 48.5 Å². The van der Waals surface area contributed by atoms with Crippen molar-refractivity contribution in [3.05, 3.63) is 75.3 Å². The fraction of sp³-hybridized carbons (Fsp3) is 0.136. The van der Waals surface area contributed by atoms with Gasteiger partial charge in [0.1, 0.15) is 34.3 Å². The molecule has 0 aliphatic rings. The molecule has 0 radical (unpaired) electrons. The molecule has 0 bridgehead atoms. The van der Waals surface area contributed by atoms with Gasteiger partial charge in [-0.1, -0.05) is 23.2 Å². The highest BCUT2D eigenvalue weighted by atomic mass is 35.5. The Labute approximate surface area is 182 Å². The Hall–Kier alpha value is -3.09. The molecular formula is C22H18Cl2O6. The number of ether oxygens (including phenoxy) is 2. The molecule has 0 fully saturated rings. The Morgan fingerprint density at radius 1 is 0.933 bits per heavy atom. The van der Waals surface area contributed by atoms with Crippen molar-refractivity contribution in [3.8, 4) is 28.7 Å². The van der Waals surface area contributed by atoms with Crippen molar-refractivity contribution in [3.63, 3.8) is 0 Å². The van der Waals surface area contributed by atoms with Gasteiger partial charge in [-0.15, -0.1) is 0 Å². The molecule has 0 saturated carbocycles. The van der Waals surface area contributed by atoms with Crippen LogP contribution in [-0.4, -0.2) is 28.4 Å². The van der Waals surface area contributed by atoms with Gasteiger partial charge < -0.3 is 24.8 Å². The molecule has 0 amide bonds. The predicted octanol–water partition coefficient (Wildman–Crippen LogP) is 5.47. The van der Waals surface area contributed by atoms with Crippen LogP contribution in [0.2, 0.25) is 10.0 Å². The molecule has 0 atom stereocenters. The molecule has 0 heterocycles. The van der Waals surface area contributed by atoms with E-state index in [1.54, 1.807) is 30.3 Å². The summed E-state index contributed by atoms with van der Waals surface area (Å²) in [7, 11) is 1.18. The number of phenolic OH excluding ortho intramolecular Hbond substituents is 3. The van der Waals surface area contributed by atoms with E-state index in [1.807, 2.05) is 0 Å². The highest BCUT2D eigenvalue weighted by Gasteiger charge is 2.23. The summed E-state index contributed by atoms with van der Waals surface area (Å²) >= 11 is 12.1. The fourth-order valence-electron chi connectivity index (χ4n) is 3.00. The molecule has 6 nitrogen and oxygen atoms in total. The van der Waals surface area contributed by atoms with E-state index in [9.17, 15) is 20.1 Å². The van der Waals surface area contributed by atoms with Gasteiger partial charge >= 0.3 is 5.97 Å². The monoisotopic (exact) mass is 448 g/mol. The zero-order valence-electron chi connectivity index (χ0n) is 15.9. The number of methoxy groups -OCH3 is 1. The number of aromatic hydroxyl groups is 3.